The molecule has 1 aromatic carbocycles. The molecule has 0 heterocycles. The molecule has 1 amide bonds. The van der Waals surface area contributed by atoms with Crippen molar-refractivity contribution in [3.63, 3.8) is 0 Å². The first-order valence-electron chi connectivity index (χ1n) is 6.43. The van der Waals surface area contributed by atoms with Crippen LogP contribution in [0, 0.1) is 0 Å². The summed E-state index contributed by atoms with van der Waals surface area (Å²) in [5.41, 5.74) is 7.75. The number of carbonyl (C=O) groups excluding carboxylic acids is 1. The fourth-order valence-corrected chi connectivity index (χ4v) is 1.92. The highest BCUT2D eigenvalue weighted by Gasteiger charge is 2.07. The van der Waals surface area contributed by atoms with E-state index in [1.807, 2.05) is 18.2 Å². The van der Waals surface area contributed by atoms with Crippen LogP contribution in [0.2, 0.25) is 0 Å². The molecule has 0 spiro atoms. The lowest BCUT2D eigenvalue weighted by atomic mass is 10.2. The van der Waals surface area contributed by atoms with Crippen LogP contribution in [-0.2, 0) is 11.3 Å². The molecule has 0 fully saturated rings. The predicted octanol–water partition coefficient (Wildman–Crippen LogP) is 1.62. The minimum Gasteiger partial charge on any atom is -0.399 e. The predicted molar refractivity (Wildman–Crippen MR) is 75.1 cm³/mol. The van der Waals surface area contributed by atoms with Gasteiger partial charge in [-0.3, -0.25) is 9.69 Å². The van der Waals surface area contributed by atoms with E-state index in [0.29, 0.717) is 6.42 Å². The number of rotatable bonds is 7. The Bertz CT molecular complexity index is 379. The molecule has 0 aliphatic carbocycles. The first kappa shape index (κ1) is 14.5. The van der Waals surface area contributed by atoms with E-state index in [-0.39, 0.29) is 5.91 Å². The smallest absolute Gasteiger partial charge is 0.221 e. The molecule has 0 radical (unpaired) electrons. The monoisotopic (exact) mass is 249 g/mol. The normalized spacial score (nSPS) is 10.6. The summed E-state index contributed by atoms with van der Waals surface area (Å²) < 4.78 is 0. The zero-order valence-electron chi connectivity index (χ0n) is 11.3. The highest BCUT2D eigenvalue weighted by atomic mass is 16.1. The third-order valence-corrected chi connectivity index (χ3v) is 2.83. The lowest BCUT2D eigenvalue weighted by molar-refractivity contribution is -0.120. The van der Waals surface area contributed by atoms with E-state index < -0.39 is 0 Å². The van der Waals surface area contributed by atoms with Crippen LogP contribution in [-0.4, -0.2) is 30.9 Å². The second kappa shape index (κ2) is 7.71. The Morgan fingerprint density at radius 1 is 1.39 bits per heavy atom. The maximum Gasteiger partial charge on any atom is 0.221 e. The van der Waals surface area contributed by atoms with E-state index in [1.54, 1.807) is 7.05 Å². The molecule has 1 aromatic rings. The fraction of sp³-hybridized carbons (Fsp3) is 0.500. The third-order valence-electron chi connectivity index (χ3n) is 2.83. The summed E-state index contributed by atoms with van der Waals surface area (Å²) in [6, 6.07) is 7.91. The molecule has 4 nitrogen and oxygen atoms in total. The minimum atomic E-state index is 0.0867. The zero-order valence-corrected chi connectivity index (χ0v) is 11.3. The van der Waals surface area contributed by atoms with Gasteiger partial charge in [-0.1, -0.05) is 19.1 Å². The quantitative estimate of drug-likeness (QED) is 0.722. The average Bonchev–Trinajstić information content (AvgIpc) is 2.36. The molecule has 0 saturated carbocycles. The van der Waals surface area contributed by atoms with Crippen molar-refractivity contribution in [3.05, 3.63) is 29.8 Å². The lowest BCUT2D eigenvalue weighted by Gasteiger charge is -2.21. The van der Waals surface area contributed by atoms with Gasteiger partial charge >= 0.3 is 0 Å². The van der Waals surface area contributed by atoms with Gasteiger partial charge < -0.3 is 11.1 Å². The van der Waals surface area contributed by atoms with Gasteiger partial charge in [0.1, 0.15) is 0 Å². The number of carbonyl (C=O) groups is 1. The first-order valence-corrected chi connectivity index (χ1v) is 6.43. The number of nitrogen functional groups attached to an aromatic ring is 1. The number of hydrogen-bond acceptors (Lipinski definition) is 3. The summed E-state index contributed by atoms with van der Waals surface area (Å²) in [5, 5.41) is 2.65. The molecule has 0 atom stereocenters. The second-order valence-electron chi connectivity index (χ2n) is 4.44. The molecular weight excluding hydrogens is 226 g/mol. The molecule has 0 saturated heterocycles. The van der Waals surface area contributed by atoms with E-state index in [2.05, 4.69) is 23.2 Å². The zero-order chi connectivity index (χ0) is 13.4. The SMILES string of the molecule is CCCN(CCC(=O)NC)Cc1cccc(N)c1. The van der Waals surface area contributed by atoms with E-state index >= 15 is 0 Å². The van der Waals surface area contributed by atoms with Gasteiger partial charge in [0.05, 0.1) is 0 Å². The minimum absolute atomic E-state index is 0.0867. The van der Waals surface area contributed by atoms with Gasteiger partial charge in [0.15, 0.2) is 0 Å². The summed E-state index contributed by atoms with van der Waals surface area (Å²) in [6.07, 6.45) is 1.62. The van der Waals surface area contributed by atoms with Gasteiger partial charge in [0.25, 0.3) is 0 Å². The van der Waals surface area contributed by atoms with Crippen LogP contribution in [0.15, 0.2) is 24.3 Å². The largest absolute Gasteiger partial charge is 0.399 e. The van der Waals surface area contributed by atoms with Crippen LogP contribution in [0.4, 0.5) is 5.69 Å². The Labute approximate surface area is 109 Å². The van der Waals surface area contributed by atoms with Gasteiger partial charge in [0, 0.05) is 32.2 Å². The van der Waals surface area contributed by atoms with Crippen molar-refractivity contribution in [2.24, 2.45) is 0 Å². The van der Waals surface area contributed by atoms with Crippen LogP contribution in [0.3, 0.4) is 0 Å². The van der Waals surface area contributed by atoms with E-state index in [0.717, 1.165) is 31.7 Å². The summed E-state index contributed by atoms with van der Waals surface area (Å²) in [6.45, 7) is 4.76. The topological polar surface area (TPSA) is 58.4 Å². The number of hydrogen-bond donors (Lipinski definition) is 2. The van der Waals surface area contributed by atoms with Gasteiger partial charge in [0.2, 0.25) is 5.91 Å². The Balaban J connectivity index is 2.54. The Morgan fingerprint density at radius 3 is 2.78 bits per heavy atom. The molecule has 0 bridgehead atoms. The van der Waals surface area contributed by atoms with Gasteiger partial charge in [-0.05, 0) is 30.7 Å². The van der Waals surface area contributed by atoms with Crippen LogP contribution < -0.4 is 11.1 Å². The number of nitrogens with zero attached hydrogens (tertiary/aromatic N) is 1. The fourth-order valence-electron chi connectivity index (χ4n) is 1.92. The summed E-state index contributed by atoms with van der Waals surface area (Å²) in [4.78, 5) is 13.6. The van der Waals surface area contributed by atoms with Gasteiger partial charge in [-0.15, -0.1) is 0 Å². The number of benzene rings is 1. The summed E-state index contributed by atoms with van der Waals surface area (Å²) in [7, 11) is 1.67. The molecule has 3 N–H and O–H groups in total. The molecule has 100 valence electrons. The maximum absolute atomic E-state index is 11.3. The van der Waals surface area contributed by atoms with E-state index in [9.17, 15) is 4.79 Å². The summed E-state index contributed by atoms with van der Waals surface area (Å²) >= 11 is 0. The highest BCUT2D eigenvalue weighted by molar-refractivity contribution is 5.75. The molecule has 18 heavy (non-hydrogen) atoms. The molecular formula is C14H23N3O. The molecule has 0 aliphatic heterocycles. The van der Waals surface area contributed by atoms with Crippen molar-refractivity contribution in [2.75, 3.05) is 25.9 Å². The molecule has 0 unspecified atom stereocenters. The first-order chi connectivity index (χ1) is 8.65. The van der Waals surface area contributed by atoms with Crippen LogP contribution in [0.1, 0.15) is 25.3 Å². The molecule has 0 aromatic heterocycles. The third kappa shape index (κ3) is 5.19. The summed E-state index contributed by atoms with van der Waals surface area (Å²) in [5.74, 6) is 0.0867. The maximum atomic E-state index is 11.3. The van der Waals surface area contributed by atoms with Crippen molar-refractivity contribution in [1.29, 1.82) is 0 Å². The Kier molecular flexibility index (Phi) is 6.22. The standard InChI is InChI=1S/C14H23N3O/c1-3-8-17(9-7-14(18)16-2)11-12-5-4-6-13(15)10-12/h4-6,10H,3,7-9,11,15H2,1-2H3,(H,16,18). The van der Waals surface area contributed by atoms with Gasteiger partial charge in [-0.25, -0.2) is 0 Å². The molecule has 0 aliphatic rings. The second-order valence-corrected chi connectivity index (χ2v) is 4.44. The lowest BCUT2D eigenvalue weighted by Crippen LogP contribution is -2.29. The Morgan fingerprint density at radius 2 is 2.17 bits per heavy atom. The van der Waals surface area contributed by atoms with Crippen LogP contribution in [0.25, 0.3) is 0 Å². The van der Waals surface area contributed by atoms with Crippen molar-refractivity contribution < 1.29 is 4.79 Å². The van der Waals surface area contributed by atoms with Crippen molar-refractivity contribution in [2.45, 2.75) is 26.3 Å². The average molecular weight is 249 g/mol. The molecule has 1 rings (SSSR count). The van der Waals surface area contributed by atoms with E-state index in [4.69, 9.17) is 5.73 Å². The van der Waals surface area contributed by atoms with Crippen LogP contribution in [0.5, 0.6) is 0 Å². The van der Waals surface area contributed by atoms with Crippen molar-refractivity contribution in [3.8, 4) is 0 Å². The van der Waals surface area contributed by atoms with Crippen LogP contribution >= 0.6 is 0 Å². The number of nitrogens with one attached hydrogen (secondary N) is 1. The molecule has 4 heteroatoms. The highest BCUT2D eigenvalue weighted by Crippen LogP contribution is 2.10. The number of amides is 1. The van der Waals surface area contributed by atoms with E-state index in [1.165, 1.54) is 5.56 Å². The Hall–Kier alpha value is -1.55. The van der Waals surface area contributed by atoms with Crippen molar-refractivity contribution in [1.82, 2.24) is 10.2 Å². The van der Waals surface area contributed by atoms with Crippen molar-refractivity contribution >= 4 is 11.6 Å². The van der Waals surface area contributed by atoms with Gasteiger partial charge in [-0.2, -0.15) is 0 Å². The number of anilines is 1. The number of nitrogens with two attached hydrogens (primary N) is 1.